The summed E-state index contributed by atoms with van der Waals surface area (Å²) in [6, 6.07) is 0. The zero-order valence-corrected chi connectivity index (χ0v) is 16.7. The quantitative estimate of drug-likeness (QED) is 0.369. The predicted octanol–water partition coefficient (Wildman–Crippen LogP) is 6.79. The summed E-state index contributed by atoms with van der Waals surface area (Å²) in [5.74, 6) is 14.2. The first-order chi connectivity index (χ1) is 12.3. The van der Waals surface area contributed by atoms with E-state index in [1.165, 1.54) is 78.9 Å². The molecule has 0 aromatic rings. The van der Waals surface area contributed by atoms with Crippen molar-refractivity contribution in [1.29, 1.82) is 0 Å². The van der Waals surface area contributed by atoms with E-state index in [1.54, 1.807) is 44.9 Å². The molecule has 0 heterocycles. The second-order valence-corrected chi connectivity index (χ2v) is 11.5. The predicted molar refractivity (Wildman–Crippen MR) is 104 cm³/mol. The summed E-state index contributed by atoms with van der Waals surface area (Å²) in [5, 5.41) is 0. The summed E-state index contributed by atoms with van der Waals surface area (Å²) in [6.07, 6.45) is 17.3. The molecule has 0 aromatic heterocycles. The molecule has 0 spiro atoms. The molecule has 0 N–H and O–H groups in total. The fourth-order valence-electron chi connectivity index (χ4n) is 10.7. The topological polar surface area (TPSA) is 0 Å². The van der Waals surface area contributed by atoms with Crippen LogP contribution < -0.4 is 0 Å². The average Bonchev–Trinajstić information content (AvgIpc) is 3.40. The summed E-state index contributed by atoms with van der Waals surface area (Å²) in [4.78, 5) is 0. The summed E-state index contributed by atoms with van der Waals surface area (Å²) in [6.45, 7) is 5.03. The highest BCUT2D eigenvalue weighted by atomic mass is 14.8. The highest BCUT2D eigenvalue weighted by molar-refractivity contribution is 5.20. The molecule has 6 aliphatic rings. The van der Waals surface area contributed by atoms with Crippen molar-refractivity contribution < 1.29 is 0 Å². The molecule has 6 rings (SSSR count). The van der Waals surface area contributed by atoms with Gasteiger partial charge in [0.05, 0.1) is 0 Å². The van der Waals surface area contributed by atoms with Gasteiger partial charge in [-0.15, -0.1) is 0 Å². The van der Waals surface area contributed by atoms with Gasteiger partial charge in [0.15, 0.2) is 0 Å². The van der Waals surface area contributed by atoms with Crippen molar-refractivity contribution >= 4 is 0 Å². The molecule has 0 radical (unpaired) electrons. The molecular weight excluding hydrogens is 300 g/mol. The van der Waals surface area contributed by atoms with E-state index in [-0.39, 0.29) is 0 Å². The Balaban J connectivity index is 1.18. The minimum absolute atomic E-state index is 1.08. The van der Waals surface area contributed by atoms with Crippen molar-refractivity contribution in [3.05, 3.63) is 0 Å². The van der Waals surface area contributed by atoms with Gasteiger partial charge in [0.1, 0.15) is 0 Å². The van der Waals surface area contributed by atoms with Gasteiger partial charge in [-0.1, -0.05) is 46.0 Å². The monoisotopic (exact) mass is 340 g/mol. The van der Waals surface area contributed by atoms with Crippen molar-refractivity contribution in [2.24, 2.45) is 71.0 Å². The van der Waals surface area contributed by atoms with Gasteiger partial charge in [-0.3, -0.25) is 0 Å². The zero-order chi connectivity index (χ0) is 16.7. The Kier molecular flexibility index (Phi) is 3.68. The molecule has 25 heavy (non-hydrogen) atoms. The fourth-order valence-corrected chi connectivity index (χ4v) is 10.7. The van der Waals surface area contributed by atoms with Crippen molar-refractivity contribution in [2.45, 2.75) is 84.5 Å². The van der Waals surface area contributed by atoms with Gasteiger partial charge in [0, 0.05) is 0 Å². The molecule has 0 nitrogen and oxygen atoms in total. The second kappa shape index (κ2) is 5.75. The third-order valence-electron chi connectivity index (χ3n) is 11.1. The Morgan fingerprint density at radius 3 is 2.00 bits per heavy atom. The van der Waals surface area contributed by atoms with Gasteiger partial charge < -0.3 is 0 Å². The van der Waals surface area contributed by atoms with Gasteiger partial charge in [0.2, 0.25) is 0 Å². The maximum Gasteiger partial charge on any atom is -0.0318 e. The van der Waals surface area contributed by atoms with E-state index in [1.807, 2.05) is 0 Å². The van der Waals surface area contributed by atoms with Gasteiger partial charge in [0.25, 0.3) is 0 Å². The Morgan fingerprint density at radius 2 is 1.28 bits per heavy atom. The van der Waals surface area contributed by atoms with Crippen LogP contribution in [0, 0.1) is 71.0 Å². The summed E-state index contributed by atoms with van der Waals surface area (Å²) in [7, 11) is 0. The Hall–Kier alpha value is 0. The zero-order valence-electron chi connectivity index (χ0n) is 16.7. The lowest BCUT2D eigenvalue weighted by Crippen LogP contribution is -2.44. The number of hydrogen-bond donors (Lipinski definition) is 0. The average molecular weight is 341 g/mol. The second-order valence-electron chi connectivity index (χ2n) is 11.5. The molecule has 6 saturated carbocycles. The minimum atomic E-state index is 1.08. The normalized spacial score (nSPS) is 59.8. The van der Waals surface area contributed by atoms with Gasteiger partial charge in [-0.2, -0.15) is 0 Å². The molecule has 12 unspecified atom stereocenters. The highest BCUT2D eigenvalue weighted by Gasteiger charge is 2.72. The van der Waals surface area contributed by atoms with E-state index in [0.29, 0.717) is 0 Å². The molecule has 6 fully saturated rings. The minimum Gasteiger partial charge on any atom is -0.0654 e. The van der Waals surface area contributed by atoms with E-state index in [4.69, 9.17) is 0 Å². The molecule has 0 heteroatoms. The third kappa shape index (κ3) is 2.01. The van der Waals surface area contributed by atoms with E-state index >= 15 is 0 Å². The Labute approximate surface area is 155 Å². The van der Waals surface area contributed by atoms with Crippen LogP contribution in [0.3, 0.4) is 0 Å². The molecule has 0 aromatic carbocycles. The molecule has 0 saturated heterocycles. The SMILES string of the molecule is CCCCCCCC1C(C)C2CC1C1C3CC(C4C5CCC(C5)C34)C21. The lowest BCUT2D eigenvalue weighted by Gasteiger charge is -2.49. The Morgan fingerprint density at radius 1 is 0.640 bits per heavy atom. The first-order valence-corrected chi connectivity index (χ1v) is 12.3. The Bertz CT molecular complexity index is 522. The number of unbranched alkanes of at least 4 members (excludes halogenated alkanes) is 4. The third-order valence-corrected chi connectivity index (χ3v) is 11.1. The number of rotatable bonds is 6. The number of hydrogen-bond acceptors (Lipinski definition) is 0. The molecular formula is C25H40. The van der Waals surface area contributed by atoms with Gasteiger partial charge in [-0.25, -0.2) is 0 Å². The van der Waals surface area contributed by atoms with Crippen molar-refractivity contribution in [3.8, 4) is 0 Å². The lowest BCUT2D eigenvalue weighted by atomic mass is 9.56. The van der Waals surface area contributed by atoms with Crippen LogP contribution in [0.4, 0.5) is 0 Å². The maximum atomic E-state index is 2.68. The first kappa shape index (κ1) is 16.0. The smallest absolute Gasteiger partial charge is 0.0318 e. The molecule has 6 bridgehead atoms. The van der Waals surface area contributed by atoms with Crippen LogP contribution in [0.25, 0.3) is 0 Å². The summed E-state index contributed by atoms with van der Waals surface area (Å²) in [5.41, 5.74) is 0. The standard InChI is InChI=1S/C25H40/c1-3-4-5-6-7-8-17-14(2)18-12-19(17)25-21-13-20(24(18)25)22-15-9-10-16(11-15)23(21)22/h14-25H,3-13H2,1-2H3. The number of fused-ring (bicyclic) bond motifs is 16. The maximum absolute atomic E-state index is 2.68. The van der Waals surface area contributed by atoms with E-state index in [0.717, 1.165) is 17.8 Å². The molecule has 12 atom stereocenters. The summed E-state index contributed by atoms with van der Waals surface area (Å²) >= 11 is 0. The van der Waals surface area contributed by atoms with E-state index < -0.39 is 0 Å². The molecule has 0 aliphatic heterocycles. The van der Waals surface area contributed by atoms with E-state index in [9.17, 15) is 0 Å². The van der Waals surface area contributed by atoms with Crippen molar-refractivity contribution in [2.75, 3.05) is 0 Å². The lowest BCUT2D eigenvalue weighted by molar-refractivity contribution is -0.0129. The molecule has 6 aliphatic carbocycles. The van der Waals surface area contributed by atoms with Crippen LogP contribution >= 0.6 is 0 Å². The van der Waals surface area contributed by atoms with Gasteiger partial charge in [-0.05, 0) is 110 Å². The van der Waals surface area contributed by atoms with Gasteiger partial charge >= 0.3 is 0 Å². The van der Waals surface area contributed by atoms with Crippen molar-refractivity contribution in [1.82, 2.24) is 0 Å². The first-order valence-electron chi connectivity index (χ1n) is 12.3. The fraction of sp³-hybridized carbons (Fsp3) is 1.00. The van der Waals surface area contributed by atoms with Crippen LogP contribution in [0.15, 0.2) is 0 Å². The molecule has 0 amide bonds. The summed E-state index contributed by atoms with van der Waals surface area (Å²) < 4.78 is 0. The van der Waals surface area contributed by atoms with Crippen LogP contribution in [-0.4, -0.2) is 0 Å². The van der Waals surface area contributed by atoms with Crippen LogP contribution in [0.5, 0.6) is 0 Å². The van der Waals surface area contributed by atoms with Crippen LogP contribution in [-0.2, 0) is 0 Å². The largest absolute Gasteiger partial charge is 0.0654 e. The van der Waals surface area contributed by atoms with Crippen LogP contribution in [0.1, 0.15) is 84.5 Å². The highest BCUT2D eigenvalue weighted by Crippen LogP contribution is 2.78. The van der Waals surface area contributed by atoms with E-state index in [2.05, 4.69) is 13.8 Å². The molecule has 140 valence electrons. The van der Waals surface area contributed by atoms with Crippen molar-refractivity contribution in [3.63, 3.8) is 0 Å². The van der Waals surface area contributed by atoms with Crippen LogP contribution in [0.2, 0.25) is 0 Å².